The summed E-state index contributed by atoms with van der Waals surface area (Å²) in [5, 5.41) is 0. The van der Waals surface area contributed by atoms with Crippen LogP contribution in [0.2, 0.25) is 0 Å². The van der Waals surface area contributed by atoms with E-state index in [-0.39, 0.29) is 23.9 Å². The minimum atomic E-state index is -2.74. The van der Waals surface area contributed by atoms with Gasteiger partial charge in [0.05, 0.1) is 0 Å². The lowest BCUT2D eigenvalue weighted by molar-refractivity contribution is -0.0249. The first kappa shape index (κ1) is 15.1. The van der Waals surface area contributed by atoms with E-state index in [9.17, 15) is 8.78 Å². The summed E-state index contributed by atoms with van der Waals surface area (Å²) in [6.45, 7) is 5.55. The Morgan fingerprint density at radius 1 is 1.22 bits per heavy atom. The van der Waals surface area contributed by atoms with Crippen molar-refractivity contribution in [1.29, 1.82) is 0 Å². The zero-order valence-electron chi connectivity index (χ0n) is 11.4. The molecule has 102 valence electrons. The van der Waals surface area contributed by atoms with Gasteiger partial charge in [-0.2, -0.15) is 0 Å². The first-order valence-electron chi connectivity index (χ1n) is 6.54. The molecule has 1 aromatic carbocycles. The number of rotatable bonds is 6. The normalized spacial score (nSPS) is 13.9. The molecule has 0 heterocycles. The first-order chi connectivity index (χ1) is 8.31. The van der Waals surface area contributed by atoms with Gasteiger partial charge in [-0.1, -0.05) is 32.0 Å². The van der Waals surface area contributed by atoms with E-state index in [0.29, 0.717) is 0 Å². The van der Waals surface area contributed by atoms with Gasteiger partial charge < -0.3 is 5.73 Å². The summed E-state index contributed by atoms with van der Waals surface area (Å²) >= 11 is 0. The molecule has 0 fully saturated rings. The van der Waals surface area contributed by atoms with Crippen LogP contribution in [-0.4, -0.2) is 6.04 Å². The summed E-state index contributed by atoms with van der Waals surface area (Å²) in [6.07, 6.45) is 1.46. The number of aryl methyl sites for hydroxylation is 1. The summed E-state index contributed by atoms with van der Waals surface area (Å²) < 4.78 is 27.9. The zero-order valence-corrected chi connectivity index (χ0v) is 11.4. The van der Waals surface area contributed by atoms with Crippen LogP contribution >= 0.6 is 0 Å². The van der Waals surface area contributed by atoms with Crippen molar-refractivity contribution in [3.8, 4) is 0 Å². The maximum atomic E-state index is 14.0. The molecule has 3 heteroatoms. The van der Waals surface area contributed by atoms with Crippen molar-refractivity contribution in [1.82, 2.24) is 0 Å². The number of alkyl halides is 2. The fraction of sp³-hybridized carbons (Fsp3) is 0.600. The molecular formula is C15H23F2N. The minimum absolute atomic E-state index is 0.0206. The Kier molecular flexibility index (Phi) is 5.27. The van der Waals surface area contributed by atoms with Crippen molar-refractivity contribution in [3.05, 3.63) is 35.4 Å². The molecule has 2 N–H and O–H groups in total. The van der Waals surface area contributed by atoms with E-state index in [4.69, 9.17) is 5.73 Å². The Balaban J connectivity index is 2.80. The van der Waals surface area contributed by atoms with Gasteiger partial charge in [-0.3, -0.25) is 0 Å². The van der Waals surface area contributed by atoms with Crippen molar-refractivity contribution in [3.63, 3.8) is 0 Å². The van der Waals surface area contributed by atoms with Crippen LogP contribution in [0.1, 0.15) is 44.7 Å². The highest BCUT2D eigenvalue weighted by Gasteiger charge is 2.32. The third-order valence-electron chi connectivity index (χ3n) is 2.90. The maximum Gasteiger partial charge on any atom is 0.273 e. The Morgan fingerprint density at radius 2 is 1.89 bits per heavy atom. The molecule has 1 aromatic rings. The lowest BCUT2D eigenvalue weighted by Crippen LogP contribution is -2.17. The van der Waals surface area contributed by atoms with Gasteiger partial charge in [0, 0.05) is 18.0 Å². The highest BCUT2D eigenvalue weighted by Crippen LogP contribution is 2.34. The van der Waals surface area contributed by atoms with Gasteiger partial charge in [0.25, 0.3) is 5.92 Å². The van der Waals surface area contributed by atoms with E-state index in [2.05, 4.69) is 0 Å². The fourth-order valence-electron chi connectivity index (χ4n) is 1.98. The van der Waals surface area contributed by atoms with Crippen molar-refractivity contribution < 1.29 is 8.78 Å². The molecule has 1 atom stereocenters. The Hall–Kier alpha value is -0.960. The highest BCUT2D eigenvalue weighted by atomic mass is 19.3. The van der Waals surface area contributed by atoms with Gasteiger partial charge in [-0.05, 0) is 37.3 Å². The lowest BCUT2D eigenvalue weighted by Gasteiger charge is -2.19. The second-order valence-corrected chi connectivity index (χ2v) is 5.52. The van der Waals surface area contributed by atoms with E-state index >= 15 is 0 Å². The van der Waals surface area contributed by atoms with Gasteiger partial charge in [0.2, 0.25) is 0 Å². The van der Waals surface area contributed by atoms with E-state index in [1.165, 1.54) is 6.07 Å². The van der Waals surface area contributed by atoms with Crippen LogP contribution in [0.5, 0.6) is 0 Å². The summed E-state index contributed by atoms with van der Waals surface area (Å²) in [5.74, 6) is -2.76. The molecular weight excluding hydrogens is 232 g/mol. The van der Waals surface area contributed by atoms with Crippen LogP contribution < -0.4 is 5.73 Å². The summed E-state index contributed by atoms with van der Waals surface area (Å²) in [4.78, 5) is 0. The number of hydrogen-bond donors (Lipinski definition) is 1. The number of benzene rings is 1. The molecule has 0 aromatic heterocycles. The van der Waals surface area contributed by atoms with Gasteiger partial charge in [-0.15, -0.1) is 0 Å². The third kappa shape index (κ3) is 4.73. The lowest BCUT2D eigenvalue weighted by atomic mass is 9.96. The molecule has 0 radical (unpaired) electrons. The molecule has 0 saturated carbocycles. The molecule has 1 nitrogen and oxygen atoms in total. The monoisotopic (exact) mass is 255 g/mol. The Morgan fingerprint density at radius 3 is 2.44 bits per heavy atom. The molecule has 0 aliphatic rings. The van der Waals surface area contributed by atoms with Crippen LogP contribution in [0.25, 0.3) is 0 Å². The molecule has 0 bridgehead atoms. The van der Waals surface area contributed by atoms with E-state index < -0.39 is 5.92 Å². The number of hydrogen-bond acceptors (Lipinski definition) is 1. The smallest absolute Gasteiger partial charge is 0.273 e. The van der Waals surface area contributed by atoms with Crippen LogP contribution in [0.15, 0.2) is 24.3 Å². The first-order valence-corrected chi connectivity index (χ1v) is 6.54. The summed E-state index contributed by atoms with van der Waals surface area (Å²) in [6, 6.07) is 6.82. The van der Waals surface area contributed by atoms with E-state index in [0.717, 1.165) is 18.4 Å². The SMILES string of the molecule is CC(C)CC(F)(F)c1cccc(CCC(C)N)c1. The summed E-state index contributed by atoms with van der Waals surface area (Å²) in [7, 11) is 0. The average molecular weight is 255 g/mol. The van der Waals surface area contributed by atoms with Gasteiger partial charge in [-0.25, -0.2) is 8.78 Å². The maximum absolute atomic E-state index is 14.0. The standard InChI is InChI=1S/C15H23F2N/c1-11(2)10-15(16,17)14-6-4-5-13(9-14)8-7-12(3)18/h4-6,9,11-12H,7-8,10,18H2,1-3H3. The van der Waals surface area contributed by atoms with E-state index in [1.807, 2.05) is 26.8 Å². The third-order valence-corrected chi connectivity index (χ3v) is 2.90. The predicted molar refractivity (Wildman–Crippen MR) is 71.8 cm³/mol. The highest BCUT2D eigenvalue weighted by molar-refractivity contribution is 5.27. The van der Waals surface area contributed by atoms with E-state index in [1.54, 1.807) is 12.1 Å². The molecule has 0 saturated heterocycles. The largest absolute Gasteiger partial charge is 0.328 e. The molecule has 0 aliphatic heterocycles. The number of nitrogens with two attached hydrogens (primary N) is 1. The fourth-order valence-corrected chi connectivity index (χ4v) is 1.98. The van der Waals surface area contributed by atoms with Crippen molar-refractivity contribution >= 4 is 0 Å². The van der Waals surface area contributed by atoms with Gasteiger partial charge >= 0.3 is 0 Å². The van der Waals surface area contributed by atoms with Crippen molar-refractivity contribution in [2.45, 2.75) is 52.0 Å². The van der Waals surface area contributed by atoms with Gasteiger partial charge in [0.15, 0.2) is 0 Å². The molecule has 0 amide bonds. The molecule has 0 spiro atoms. The molecule has 18 heavy (non-hydrogen) atoms. The van der Waals surface area contributed by atoms with Crippen LogP contribution in [-0.2, 0) is 12.3 Å². The minimum Gasteiger partial charge on any atom is -0.328 e. The zero-order chi connectivity index (χ0) is 13.8. The Bertz CT molecular complexity index is 373. The van der Waals surface area contributed by atoms with Gasteiger partial charge in [0.1, 0.15) is 0 Å². The topological polar surface area (TPSA) is 26.0 Å². The van der Waals surface area contributed by atoms with Crippen LogP contribution in [0.4, 0.5) is 8.78 Å². The Labute approximate surface area is 108 Å². The molecule has 1 unspecified atom stereocenters. The average Bonchev–Trinajstić information content (AvgIpc) is 2.25. The van der Waals surface area contributed by atoms with Crippen molar-refractivity contribution in [2.24, 2.45) is 11.7 Å². The quantitative estimate of drug-likeness (QED) is 0.813. The summed E-state index contributed by atoms with van der Waals surface area (Å²) in [5.41, 5.74) is 6.74. The predicted octanol–water partition coefficient (Wildman–Crippen LogP) is 4.10. The van der Waals surface area contributed by atoms with Crippen LogP contribution in [0, 0.1) is 5.92 Å². The second-order valence-electron chi connectivity index (χ2n) is 5.52. The van der Waals surface area contributed by atoms with Crippen molar-refractivity contribution in [2.75, 3.05) is 0 Å². The number of halogens is 2. The van der Waals surface area contributed by atoms with Crippen LogP contribution in [0.3, 0.4) is 0 Å². The molecule has 0 aliphatic carbocycles. The molecule has 1 rings (SSSR count). The second kappa shape index (κ2) is 6.28.